The molecule has 0 aliphatic heterocycles. The SMILES string of the molecule is CC(C)(C)c1cc(OC2CC2)cc(C(N)=O)n1. The standard InChI is InChI=1S/C13H18N2O2/c1-13(2,3)11-7-9(17-8-4-5-8)6-10(15-11)12(14)16/h6-8H,4-5H2,1-3H3,(H2,14,16). The van der Waals surface area contributed by atoms with Crippen molar-refractivity contribution in [2.75, 3.05) is 0 Å². The molecule has 1 aliphatic rings. The summed E-state index contributed by atoms with van der Waals surface area (Å²) in [5.74, 6) is 0.179. The van der Waals surface area contributed by atoms with Gasteiger partial charge in [0.25, 0.3) is 5.91 Å². The summed E-state index contributed by atoms with van der Waals surface area (Å²) in [6.45, 7) is 6.13. The highest BCUT2D eigenvalue weighted by Gasteiger charge is 2.25. The molecule has 1 aromatic rings. The van der Waals surface area contributed by atoms with Gasteiger partial charge in [-0.1, -0.05) is 20.8 Å². The molecule has 1 aromatic heterocycles. The first-order valence-electron chi connectivity index (χ1n) is 5.85. The van der Waals surface area contributed by atoms with Crippen LogP contribution in [-0.2, 0) is 5.41 Å². The number of nitrogens with two attached hydrogens (primary N) is 1. The number of aromatic nitrogens is 1. The Kier molecular flexibility index (Phi) is 2.81. The number of ether oxygens (including phenoxy) is 1. The van der Waals surface area contributed by atoms with E-state index in [9.17, 15) is 4.79 Å². The molecule has 0 aromatic carbocycles. The van der Waals surface area contributed by atoms with Gasteiger partial charge >= 0.3 is 0 Å². The highest BCUT2D eigenvalue weighted by atomic mass is 16.5. The molecule has 1 fully saturated rings. The zero-order chi connectivity index (χ0) is 12.6. The number of pyridine rings is 1. The average molecular weight is 234 g/mol. The van der Waals surface area contributed by atoms with Crippen LogP contribution in [0, 0.1) is 0 Å². The molecule has 92 valence electrons. The lowest BCUT2D eigenvalue weighted by atomic mass is 9.91. The first-order valence-corrected chi connectivity index (χ1v) is 5.85. The third-order valence-corrected chi connectivity index (χ3v) is 2.65. The van der Waals surface area contributed by atoms with Gasteiger partial charge < -0.3 is 10.5 Å². The van der Waals surface area contributed by atoms with Gasteiger partial charge in [-0.3, -0.25) is 4.79 Å². The Labute approximate surface area is 101 Å². The summed E-state index contributed by atoms with van der Waals surface area (Å²) in [7, 11) is 0. The molecule has 0 unspecified atom stereocenters. The fraction of sp³-hybridized carbons (Fsp3) is 0.538. The van der Waals surface area contributed by atoms with Crippen LogP contribution >= 0.6 is 0 Å². The predicted molar refractivity (Wildman–Crippen MR) is 65.1 cm³/mol. The summed E-state index contributed by atoms with van der Waals surface area (Å²) < 4.78 is 5.70. The first-order chi connectivity index (χ1) is 7.86. The minimum atomic E-state index is -0.517. The zero-order valence-corrected chi connectivity index (χ0v) is 10.5. The largest absolute Gasteiger partial charge is 0.490 e. The van der Waals surface area contributed by atoms with Crippen LogP contribution in [0.1, 0.15) is 49.8 Å². The molecule has 0 saturated heterocycles. The van der Waals surface area contributed by atoms with E-state index in [0.717, 1.165) is 18.5 Å². The minimum Gasteiger partial charge on any atom is -0.490 e. The number of carbonyl (C=O) groups excluding carboxylic acids is 1. The molecule has 0 spiro atoms. The van der Waals surface area contributed by atoms with Crippen LogP contribution in [-0.4, -0.2) is 17.0 Å². The van der Waals surface area contributed by atoms with Crippen LogP contribution < -0.4 is 10.5 Å². The second-order valence-electron chi connectivity index (χ2n) is 5.50. The summed E-state index contributed by atoms with van der Waals surface area (Å²) in [5, 5.41) is 0. The third-order valence-electron chi connectivity index (χ3n) is 2.65. The molecule has 0 radical (unpaired) electrons. The second kappa shape index (κ2) is 4.02. The van der Waals surface area contributed by atoms with Gasteiger partial charge in [0, 0.05) is 17.5 Å². The molecule has 1 aliphatic carbocycles. The number of hydrogen-bond donors (Lipinski definition) is 1. The van der Waals surface area contributed by atoms with Crippen LogP contribution in [0.4, 0.5) is 0 Å². The van der Waals surface area contributed by atoms with Crippen LogP contribution in [0.15, 0.2) is 12.1 Å². The smallest absolute Gasteiger partial charge is 0.267 e. The second-order valence-corrected chi connectivity index (χ2v) is 5.50. The molecular formula is C13H18N2O2. The van der Waals surface area contributed by atoms with Crippen molar-refractivity contribution < 1.29 is 9.53 Å². The summed E-state index contributed by atoms with van der Waals surface area (Å²) in [5.41, 5.74) is 6.25. The number of amides is 1. The molecule has 4 heteroatoms. The minimum absolute atomic E-state index is 0.132. The van der Waals surface area contributed by atoms with Crippen molar-refractivity contribution in [3.63, 3.8) is 0 Å². The number of nitrogens with zero attached hydrogens (tertiary/aromatic N) is 1. The van der Waals surface area contributed by atoms with Gasteiger partial charge in [-0.05, 0) is 12.8 Å². The van der Waals surface area contributed by atoms with Gasteiger partial charge in [-0.25, -0.2) is 4.98 Å². The summed E-state index contributed by atoms with van der Waals surface area (Å²) in [6.07, 6.45) is 2.46. The maximum Gasteiger partial charge on any atom is 0.267 e. The van der Waals surface area contributed by atoms with Crippen molar-refractivity contribution in [2.24, 2.45) is 5.73 Å². The van der Waals surface area contributed by atoms with Gasteiger partial charge in [0.05, 0.1) is 11.8 Å². The van der Waals surface area contributed by atoms with Crippen molar-refractivity contribution in [3.8, 4) is 5.75 Å². The number of hydrogen-bond acceptors (Lipinski definition) is 3. The molecule has 1 saturated carbocycles. The lowest BCUT2D eigenvalue weighted by Gasteiger charge is -2.19. The van der Waals surface area contributed by atoms with Crippen LogP contribution in [0.25, 0.3) is 0 Å². The van der Waals surface area contributed by atoms with E-state index < -0.39 is 5.91 Å². The molecule has 0 bridgehead atoms. The Morgan fingerprint density at radius 1 is 1.41 bits per heavy atom. The zero-order valence-electron chi connectivity index (χ0n) is 10.5. The molecular weight excluding hydrogens is 216 g/mol. The molecule has 0 atom stereocenters. The fourth-order valence-corrected chi connectivity index (χ4v) is 1.46. The summed E-state index contributed by atoms with van der Waals surface area (Å²) >= 11 is 0. The lowest BCUT2D eigenvalue weighted by Crippen LogP contribution is -2.19. The van der Waals surface area contributed by atoms with E-state index in [2.05, 4.69) is 4.98 Å². The summed E-state index contributed by atoms with van der Waals surface area (Å²) in [4.78, 5) is 15.5. The van der Waals surface area contributed by atoms with E-state index in [0.29, 0.717) is 11.9 Å². The van der Waals surface area contributed by atoms with E-state index in [-0.39, 0.29) is 11.1 Å². The van der Waals surface area contributed by atoms with Crippen molar-refractivity contribution in [1.82, 2.24) is 4.98 Å². The summed E-state index contributed by atoms with van der Waals surface area (Å²) in [6, 6.07) is 3.51. The molecule has 2 rings (SSSR count). The van der Waals surface area contributed by atoms with E-state index in [4.69, 9.17) is 10.5 Å². The maximum atomic E-state index is 11.2. The Morgan fingerprint density at radius 3 is 2.53 bits per heavy atom. The molecule has 2 N–H and O–H groups in total. The van der Waals surface area contributed by atoms with E-state index in [1.165, 1.54) is 0 Å². The number of primary amides is 1. The van der Waals surface area contributed by atoms with E-state index in [1.54, 1.807) is 6.07 Å². The highest BCUT2D eigenvalue weighted by Crippen LogP contribution is 2.30. The van der Waals surface area contributed by atoms with E-state index in [1.807, 2.05) is 26.8 Å². The molecule has 1 amide bonds. The molecule has 1 heterocycles. The van der Waals surface area contributed by atoms with Gasteiger partial charge in [0.2, 0.25) is 0 Å². The molecule has 4 nitrogen and oxygen atoms in total. The van der Waals surface area contributed by atoms with E-state index >= 15 is 0 Å². The topological polar surface area (TPSA) is 65.2 Å². The third kappa shape index (κ3) is 2.96. The Bertz CT molecular complexity index is 445. The molecule has 17 heavy (non-hydrogen) atoms. The van der Waals surface area contributed by atoms with Gasteiger partial charge in [0.1, 0.15) is 11.4 Å². The van der Waals surface area contributed by atoms with Crippen molar-refractivity contribution in [2.45, 2.75) is 45.1 Å². The van der Waals surface area contributed by atoms with Crippen LogP contribution in [0.3, 0.4) is 0 Å². The van der Waals surface area contributed by atoms with Crippen LogP contribution in [0.5, 0.6) is 5.75 Å². The first kappa shape index (κ1) is 11.9. The predicted octanol–water partition coefficient (Wildman–Crippen LogP) is 2.02. The number of carbonyl (C=O) groups is 1. The normalized spacial score (nSPS) is 15.7. The van der Waals surface area contributed by atoms with Crippen molar-refractivity contribution >= 4 is 5.91 Å². The quantitative estimate of drug-likeness (QED) is 0.870. The van der Waals surface area contributed by atoms with Crippen LogP contribution in [0.2, 0.25) is 0 Å². The van der Waals surface area contributed by atoms with Gasteiger partial charge in [-0.15, -0.1) is 0 Å². The van der Waals surface area contributed by atoms with Gasteiger partial charge in [0.15, 0.2) is 0 Å². The van der Waals surface area contributed by atoms with Crippen molar-refractivity contribution in [3.05, 3.63) is 23.5 Å². The Hall–Kier alpha value is -1.58. The number of rotatable bonds is 3. The Morgan fingerprint density at radius 2 is 2.06 bits per heavy atom. The van der Waals surface area contributed by atoms with Crippen molar-refractivity contribution in [1.29, 1.82) is 0 Å². The fourth-order valence-electron chi connectivity index (χ4n) is 1.46. The average Bonchev–Trinajstić information content (AvgIpc) is 2.99. The highest BCUT2D eigenvalue weighted by molar-refractivity contribution is 5.91. The van der Waals surface area contributed by atoms with Gasteiger partial charge in [-0.2, -0.15) is 0 Å². The monoisotopic (exact) mass is 234 g/mol. The lowest BCUT2D eigenvalue weighted by molar-refractivity contribution is 0.0994. The Balaban J connectivity index is 2.37. The maximum absolute atomic E-state index is 11.2.